The molecule has 0 saturated heterocycles. The molecular formula is C14H14BrN. The van der Waals surface area contributed by atoms with Crippen molar-refractivity contribution in [2.45, 2.75) is 13.0 Å². The van der Waals surface area contributed by atoms with E-state index in [1.54, 1.807) is 0 Å². The van der Waals surface area contributed by atoms with Gasteiger partial charge in [0.1, 0.15) is 0 Å². The fourth-order valence-electron chi connectivity index (χ4n) is 1.65. The van der Waals surface area contributed by atoms with Crippen LogP contribution in [-0.4, -0.2) is 0 Å². The highest BCUT2D eigenvalue weighted by Crippen LogP contribution is 2.24. The first-order valence-electron chi connectivity index (χ1n) is 5.28. The van der Waals surface area contributed by atoms with E-state index in [1.807, 2.05) is 19.1 Å². The van der Waals surface area contributed by atoms with Gasteiger partial charge < -0.3 is 5.73 Å². The monoisotopic (exact) mass is 275 g/mol. The van der Waals surface area contributed by atoms with Gasteiger partial charge in [-0.2, -0.15) is 0 Å². The van der Waals surface area contributed by atoms with Gasteiger partial charge in [-0.3, -0.25) is 0 Å². The largest absolute Gasteiger partial charge is 0.324 e. The Kier molecular flexibility index (Phi) is 3.42. The molecule has 2 N–H and O–H groups in total. The van der Waals surface area contributed by atoms with E-state index in [4.69, 9.17) is 5.73 Å². The molecule has 2 heteroatoms. The molecule has 1 unspecified atom stereocenters. The molecule has 0 aromatic heterocycles. The smallest absolute Gasteiger partial charge is 0.0266 e. The Morgan fingerprint density at radius 1 is 1.00 bits per heavy atom. The third-order valence-corrected chi connectivity index (χ3v) is 3.09. The van der Waals surface area contributed by atoms with Gasteiger partial charge in [-0.1, -0.05) is 52.3 Å². The van der Waals surface area contributed by atoms with E-state index in [0.717, 1.165) is 4.47 Å². The minimum Gasteiger partial charge on any atom is -0.324 e. The van der Waals surface area contributed by atoms with Gasteiger partial charge in [-0.25, -0.2) is 0 Å². The van der Waals surface area contributed by atoms with E-state index in [9.17, 15) is 0 Å². The summed E-state index contributed by atoms with van der Waals surface area (Å²) in [6, 6.07) is 16.8. The molecule has 0 aliphatic rings. The van der Waals surface area contributed by atoms with Crippen molar-refractivity contribution in [3.05, 3.63) is 58.6 Å². The molecule has 0 aliphatic carbocycles. The summed E-state index contributed by atoms with van der Waals surface area (Å²) in [7, 11) is 0. The Hall–Kier alpha value is -1.12. The molecule has 0 bridgehead atoms. The Labute approximate surface area is 104 Å². The molecule has 0 amide bonds. The fourth-order valence-corrected chi connectivity index (χ4v) is 2.05. The maximum atomic E-state index is 5.82. The number of rotatable bonds is 2. The van der Waals surface area contributed by atoms with E-state index >= 15 is 0 Å². The van der Waals surface area contributed by atoms with Gasteiger partial charge in [0.15, 0.2) is 0 Å². The van der Waals surface area contributed by atoms with Crippen LogP contribution in [0, 0.1) is 0 Å². The predicted molar refractivity (Wildman–Crippen MR) is 72.2 cm³/mol. The number of halogens is 1. The van der Waals surface area contributed by atoms with Gasteiger partial charge in [0, 0.05) is 10.5 Å². The van der Waals surface area contributed by atoms with Gasteiger partial charge in [0.2, 0.25) is 0 Å². The van der Waals surface area contributed by atoms with Crippen LogP contribution in [0.1, 0.15) is 18.5 Å². The van der Waals surface area contributed by atoms with Crippen LogP contribution in [-0.2, 0) is 0 Å². The van der Waals surface area contributed by atoms with Crippen molar-refractivity contribution in [3.63, 3.8) is 0 Å². The van der Waals surface area contributed by atoms with Crippen LogP contribution < -0.4 is 5.73 Å². The molecule has 2 rings (SSSR count). The number of nitrogens with two attached hydrogens (primary N) is 1. The van der Waals surface area contributed by atoms with Gasteiger partial charge >= 0.3 is 0 Å². The second-order valence-corrected chi connectivity index (χ2v) is 4.84. The second kappa shape index (κ2) is 4.81. The van der Waals surface area contributed by atoms with Gasteiger partial charge in [0.05, 0.1) is 0 Å². The topological polar surface area (TPSA) is 26.0 Å². The third kappa shape index (κ3) is 2.52. The van der Waals surface area contributed by atoms with E-state index in [0.29, 0.717) is 0 Å². The highest BCUT2D eigenvalue weighted by atomic mass is 79.9. The lowest BCUT2D eigenvalue weighted by Crippen LogP contribution is -2.04. The van der Waals surface area contributed by atoms with Crippen LogP contribution in [0.25, 0.3) is 11.1 Å². The maximum Gasteiger partial charge on any atom is 0.0266 e. The molecular weight excluding hydrogens is 262 g/mol. The summed E-state index contributed by atoms with van der Waals surface area (Å²) in [5, 5.41) is 0. The highest BCUT2D eigenvalue weighted by Gasteiger charge is 2.01. The minimum atomic E-state index is 0.0940. The first kappa shape index (κ1) is 11.4. The average Bonchev–Trinajstić information content (AvgIpc) is 2.29. The summed E-state index contributed by atoms with van der Waals surface area (Å²) in [4.78, 5) is 0. The SMILES string of the molecule is CC(N)c1ccc(-c2cccc(Br)c2)cc1. The van der Waals surface area contributed by atoms with Crippen LogP contribution in [0.2, 0.25) is 0 Å². The average molecular weight is 276 g/mol. The van der Waals surface area contributed by atoms with E-state index in [1.165, 1.54) is 16.7 Å². The van der Waals surface area contributed by atoms with Gasteiger partial charge in [0.25, 0.3) is 0 Å². The minimum absolute atomic E-state index is 0.0940. The van der Waals surface area contributed by atoms with Crippen LogP contribution >= 0.6 is 15.9 Å². The molecule has 0 aliphatic heterocycles. The first-order chi connectivity index (χ1) is 7.66. The normalized spacial score (nSPS) is 12.4. The summed E-state index contributed by atoms with van der Waals surface area (Å²) in [6.45, 7) is 1.99. The molecule has 0 fully saturated rings. The molecule has 0 spiro atoms. The van der Waals surface area contributed by atoms with E-state index in [-0.39, 0.29) is 6.04 Å². The Balaban J connectivity index is 2.35. The molecule has 0 heterocycles. The van der Waals surface area contributed by atoms with Crippen molar-refractivity contribution in [2.24, 2.45) is 5.73 Å². The molecule has 1 atom stereocenters. The van der Waals surface area contributed by atoms with Crippen LogP contribution in [0.3, 0.4) is 0 Å². The van der Waals surface area contributed by atoms with E-state index in [2.05, 4.69) is 52.3 Å². The molecule has 2 aromatic carbocycles. The number of hydrogen-bond acceptors (Lipinski definition) is 1. The predicted octanol–water partition coefficient (Wildman–Crippen LogP) is 4.14. The summed E-state index contributed by atoms with van der Waals surface area (Å²) in [5.74, 6) is 0. The summed E-state index contributed by atoms with van der Waals surface area (Å²) < 4.78 is 1.10. The number of benzene rings is 2. The van der Waals surface area contributed by atoms with Crippen molar-refractivity contribution in [1.82, 2.24) is 0 Å². The van der Waals surface area contributed by atoms with Crippen molar-refractivity contribution < 1.29 is 0 Å². The Bertz CT molecular complexity index is 474. The lowest BCUT2D eigenvalue weighted by Gasteiger charge is -2.07. The fraction of sp³-hybridized carbons (Fsp3) is 0.143. The maximum absolute atomic E-state index is 5.82. The van der Waals surface area contributed by atoms with Crippen LogP contribution in [0.4, 0.5) is 0 Å². The van der Waals surface area contributed by atoms with Crippen molar-refractivity contribution in [2.75, 3.05) is 0 Å². The molecule has 0 radical (unpaired) electrons. The zero-order valence-corrected chi connectivity index (χ0v) is 10.7. The van der Waals surface area contributed by atoms with Crippen LogP contribution in [0.15, 0.2) is 53.0 Å². The molecule has 16 heavy (non-hydrogen) atoms. The summed E-state index contributed by atoms with van der Waals surface area (Å²) in [5.41, 5.74) is 9.41. The van der Waals surface area contributed by atoms with Crippen molar-refractivity contribution >= 4 is 15.9 Å². The standard InChI is InChI=1S/C14H14BrN/c1-10(16)11-5-7-12(8-6-11)13-3-2-4-14(15)9-13/h2-10H,16H2,1H3. The zero-order valence-electron chi connectivity index (χ0n) is 9.15. The summed E-state index contributed by atoms with van der Waals surface area (Å²) >= 11 is 3.48. The zero-order chi connectivity index (χ0) is 11.5. The molecule has 0 saturated carbocycles. The highest BCUT2D eigenvalue weighted by molar-refractivity contribution is 9.10. The molecule has 1 nitrogen and oxygen atoms in total. The third-order valence-electron chi connectivity index (χ3n) is 2.59. The Morgan fingerprint density at radius 2 is 1.69 bits per heavy atom. The van der Waals surface area contributed by atoms with Crippen molar-refractivity contribution in [3.8, 4) is 11.1 Å². The van der Waals surface area contributed by atoms with Gasteiger partial charge in [-0.05, 0) is 35.7 Å². The Morgan fingerprint density at radius 3 is 2.25 bits per heavy atom. The quantitative estimate of drug-likeness (QED) is 0.876. The van der Waals surface area contributed by atoms with Crippen molar-refractivity contribution in [1.29, 1.82) is 0 Å². The molecule has 82 valence electrons. The number of hydrogen-bond donors (Lipinski definition) is 1. The lowest BCUT2D eigenvalue weighted by molar-refractivity contribution is 0.818. The van der Waals surface area contributed by atoms with Crippen LogP contribution in [0.5, 0.6) is 0 Å². The van der Waals surface area contributed by atoms with E-state index < -0.39 is 0 Å². The van der Waals surface area contributed by atoms with Gasteiger partial charge in [-0.15, -0.1) is 0 Å². The lowest BCUT2D eigenvalue weighted by atomic mass is 10.0. The first-order valence-corrected chi connectivity index (χ1v) is 6.07. The summed E-state index contributed by atoms with van der Waals surface area (Å²) in [6.07, 6.45) is 0. The molecule has 2 aromatic rings. The second-order valence-electron chi connectivity index (χ2n) is 3.92.